The van der Waals surface area contributed by atoms with Gasteiger partial charge in [-0.1, -0.05) is 37.6 Å². The number of hydrogen-bond donors (Lipinski definition) is 0. The van der Waals surface area contributed by atoms with Gasteiger partial charge in [0.25, 0.3) is 0 Å². The molecule has 0 aromatic heterocycles. The summed E-state index contributed by atoms with van der Waals surface area (Å²) in [5, 5.41) is 0. The van der Waals surface area contributed by atoms with Crippen LogP contribution in [0.5, 0.6) is 0 Å². The monoisotopic (exact) mass is 284 g/mol. The molecule has 6 atom stereocenters. The van der Waals surface area contributed by atoms with Crippen LogP contribution in [0, 0.1) is 34.5 Å². The first-order valence-electron chi connectivity index (χ1n) is 8.91. The molecule has 1 unspecified atom stereocenters. The molecule has 4 aliphatic rings. The highest BCUT2D eigenvalue weighted by atomic mass is 16.1. The molecule has 0 radical (unpaired) electrons. The summed E-state index contributed by atoms with van der Waals surface area (Å²) in [5.74, 6) is 2.86. The number of hydrogen-bond acceptors (Lipinski definition) is 1. The van der Waals surface area contributed by atoms with Gasteiger partial charge in [-0.15, -0.1) is 0 Å². The van der Waals surface area contributed by atoms with E-state index in [1.165, 1.54) is 38.5 Å². The van der Waals surface area contributed by atoms with Gasteiger partial charge in [-0.3, -0.25) is 0 Å². The van der Waals surface area contributed by atoms with Crippen molar-refractivity contribution in [2.75, 3.05) is 0 Å². The quantitative estimate of drug-likeness (QED) is 0.493. The second-order valence-electron chi connectivity index (χ2n) is 8.55. The van der Waals surface area contributed by atoms with E-state index in [2.05, 4.69) is 32.1 Å². The summed E-state index contributed by atoms with van der Waals surface area (Å²) < 4.78 is 0. The van der Waals surface area contributed by atoms with Crippen LogP contribution in [0.25, 0.3) is 0 Å². The average molecular weight is 284 g/mol. The lowest BCUT2D eigenvalue weighted by molar-refractivity contribution is -0.110. The Bertz CT molecular complexity index is 516. The van der Waals surface area contributed by atoms with Crippen LogP contribution in [-0.2, 0) is 4.79 Å². The second kappa shape index (κ2) is 4.57. The normalized spacial score (nSPS) is 51.6. The van der Waals surface area contributed by atoms with Crippen molar-refractivity contribution in [3.05, 3.63) is 23.8 Å². The lowest BCUT2D eigenvalue weighted by Crippen LogP contribution is -2.49. The summed E-state index contributed by atoms with van der Waals surface area (Å²) >= 11 is 0. The maximum atomic E-state index is 11.2. The Morgan fingerprint density at radius 3 is 2.81 bits per heavy atom. The minimum atomic E-state index is 0.201. The lowest BCUT2D eigenvalue weighted by atomic mass is 9.47. The first-order chi connectivity index (χ1) is 10.1. The topological polar surface area (TPSA) is 17.1 Å². The third-order valence-corrected chi connectivity index (χ3v) is 7.65. The molecule has 0 heterocycles. The van der Waals surface area contributed by atoms with Gasteiger partial charge in [0.1, 0.15) is 6.29 Å². The smallest absolute Gasteiger partial charge is 0.126 e. The van der Waals surface area contributed by atoms with Gasteiger partial charge in [-0.05, 0) is 73.5 Å². The summed E-state index contributed by atoms with van der Waals surface area (Å²) in [6.07, 6.45) is 17.5. The van der Waals surface area contributed by atoms with Gasteiger partial charge in [-0.25, -0.2) is 0 Å². The Labute approximate surface area is 128 Å². The highest BCUT2D eigenvalue weighted by Gasteiger charge is 2.54. The van der Waals surface area contributed by atoms with Crippen molar-refractivity contribution in [2.45, 2.75) is 58.8 Å². The highest BCUT2D eigenvalue weighted by Crippen LogP contribution is 2.64. The van der Waals surface area contributed by atoms with Crippen LogP contribution in [-0.4, -0.2) is 6.29 Å². The van der Waals surface area contributed by atoms with Crippen LogP contribution >= 0.6 is 0 Å². The van der Waals surface area contributed by atoms with Gasteiger partial charge in [-0.2, -0.15) is 0 Å². The van der Waals surface area contributed by atoms with Crippen molar-refractivity contribution < 1.29 is 4.79 Å². The van der Waals surface area contributed by atoms with Crippen LogP contribution in [0.1, 0.15) is 58.8 Å². The van der Waals surface area contributed by atoms with Crippen LogP contribution in [0.3, 0.4) is 0 Å². The maximum Gasteiger partial charge on any atom is 0.126 e. The van der Waals surface area contributed by atoms with E-state index in [1.54, 1.807) is 5.57 Å². The molecule has 4 rings (SSSR count). The molecule has 21 heavy (non-hydrogen) atoms. The molecule has 4 aliphatic carbocycles. The molecule has 0 aromatic carbocycles. The largest absolute Gasteiger partial charge is 0.303 e. The molecular weight excluding hydrogens is 256 g/mol. The van der Waals surface area contributed by atoms with E-state index in [4.69, 9.17) is 0 Å². The molecule has 0 amide bonds. The fraction of sp³-hybridized carbons (Fsp3) is 0.750. The van der Waals surface area contributed by atoms with Gasteiger partial charge >= 0.3 is 0 Å². The standard InChI is InChI=1S/C20H28O/c1-19-9-3-4-17(19)16-6-5-15-12-14(13-21)7-11-20(15,2)18(16)8-10-19/h3,9,12-14,16-18H,4-8,10-11H2,1-2H3/t14?,16-,17-,18-,19-,20-/m0/s1. The minimum absolute atomic E-state index is 0.201. The molecule has 1 heteroatoms. The lowest BCUT2D eigenvalue weighted by Gasteiger charge is -2.57. The molecule has 114 valence electrons. The van der Waals surface area contributed by atoms with E-state index in [0.717, 1.165) is 30.5 Å². The van der Waals surface area contributed by atoms with E-state index >= 15 is 0 Å². The number of rotatable bonds is 1. The van der Waals surface area contributed by atoms with Crippen molar-refractivity contribution in [2.24, 2.45) is 34.5 Å². The Balaban J connectivity index is 1.67. The first kappa shape index (κ1) is 13.8. The predicted octanol–water partition coefficient (Wildman–Crippen LogP) is 4.93. The zero-order valence-corrected chi connectivity index (χ0v) is 13.5. The van der Waals surface area contributed by atoms with Crippen molar-refractivity contribution in [3.8, 4) is 0 Å². The zero-order chi connectivity index (χ0) is 14.7. The van der Waals surface area contributed by atoms with Gasteiger partial charge in [0.05, 0.1) is 0 Å². The van der Waals surface area contributed by atoms with Crippen LogP contribution in [0.4, 0.5) is 0 Å². The molecular formula is C20H28O. The van der Waals surface area contributed by atoms with Crippen molar-refractivity contribution in [3.63, 3.8) is 0 Å². The predicted molar refractivity (Wildman–Crippen MR) is 85.8 cm³/mol. The zero-order valence-electron chi connectivity index (χ0n) is 13.5. The number of carbonyl (C=O) groups is 1. The second-order valence-corrected chi connectivity index (χ2v) is 8.55. The van der Waals surface area contributed by atoms with E-state index in [0.29, 0.717) is 10.8 Å². The fourth-order valence-corrected chi connectivity index (χ4v) is 6.34. The SMILES string of the molecule is C[C@@]12C=CC[C@H]1[C@@H]1CCC3=CC(C=O)CC[C@]3(C)[C@H]1CC2. The summed E-state index contributed by atoms with van der Waals surface area (Å²) in [5.41, 5.74) is 2.51. The van der Waals surface area contributed by atoms with Crippen LogP contribution in [0.2, 0.25) is 0 Å². The summed E-state index contributed by atoms with van der Waals surface area (Å²) in [7, 11) is 0. The molecule has 0 aliphatic heterocycles. The van der Waals surface area contributed by atoms with Crippen molar-refractivity contribution in [1.29, 1.82) is 0 Å². The number of aldehydes is 1. The van der Waals surface area contributed by atoms with Gasteiger partial charge in [0, 0.05) is 5.92 Å². The highest BCUT2D eigenvalue weighted by molar-refractivity contribution is 5.58. The summed E-state index contributed by atoms with van der Waals surface area (Å²) in [4.78, 5) is 11.2. The Hall–Kier alpha value is -0.850. The minimum Gasteiger partial charge on any atom is -0.303 e. The molecule has 1 nitrogen and oxygen atoms in total. The first-order valence-corrected chi connectivity index (χ1v) is 8.91. The molecule has 0 spiro atoms. The average Bonchev–Trinajstić information content (AvgIpc) is 2.88. The fourth-order valence-electron chi connectivity index (χ4n) is 6.34. The van der Waals surface area contributed by atoms with Gasteiger partial charge in [0.15, 0.2) is 0 Å². The Morgan fingerprint density at radius 2 is 2.00 bits per heavy atom. The third-order valence-electron chi connectivity index (χ3n) is 7.65. The molecule has 0 saturated heterocycles. The van der Waals surface area contributed by atoms with Crippen LogP contribution in [0.15, 0.2) is 23.8 Å². The number of allylic oxidation sites excluding steroid dienone is 4. The van der Waals surface area contributed by atoms with Crippen LogP contribution < -0.4 is 0 Å². The van der Waals surface area contributed by atoms with Gasteiger partial charge in [0.2, 0.25) is 0 Å². The summed E-state index contributed by atoms with van der Waals surface area (Å²) in [6.45, 7) is 5.01. The molecule has 2 fully saturated rings. The summed E-state index contributed by atoms with van der Waals surface area (Å²) in [6, 6.07) is 0. The Morgan fingerprint density at radius 1 is 1.14 bits per heavy atom. The number of carbonyl (C=O) groups excluding carboxylic acids is 1. The van der Waals surface area contributed by atoms with E-state index in [-0.39, 0.29) is 5.92 Å². The third kappa shape index (κ3) is 1.85. The van der Waals surface area contributed by atoms with Gasteiger partial charge < -0.3 is 4.79 Å². The molecule has 0 N–H and O–H groups in total. The number of fused-ring (bicyclic) bond motifs is 5. The van der Waals surface area contributed by atoms with E-state index in [9.17, 15) is 4.79 Å². The molecule has 2 saturated carbocycles. The Kier molecular flexibility index (Phi) is 3.00. The maximum absolute atomic E-state index is 11.2. The molecule has 0 bridgehead atoms. The van der Waals surface area contributed by atoms with Crippen molar-refractivity contribution >= 4 is 6.29 Å². The van der Waals surface area contributed by atoms with E-state index < -0.39 is 0 Å². The van der Waals surface area contributed by atoms with E-state index in [1.807, 2.05) is 0 Å². The molecule has 0 aromatic rings. The van der Waals surface area contributed by atoms with Crippen molar-refractivity contribution in [1.82, 2.24) is 0 Å².